The minimum atomic E-state index is -4.61. The molecule has 2 heterocycles. The summed E-state index contributed by atoms with van der Waals surface area (Å²) < 4.78 is 44.6. The van der Waals surface area contributed by atoms with Crippen molar-refractivity contribution in [2.75, 3.05) is 5.75 Å². The van der Waals surface area contributed by atoms with Crippen LogP contribution in [0.5, 0.6) is 0 Å². The summed E-state index contributed by atoms with van der Waals surface area (Å²) in [5, 5.41) is 2.80. The van der Waals surface area contributed by atoms with Gasteiger partial charge in [-0.15, -0.1) is 0 Å². The molecule has 0 saturated heterocycles. The van der Waals surface area contributed by atoms with Crippen molar-refractivity contribution < 1.29 is 22.4 Å². The maximum Gasteiger partial charge on any atom is 0.433 e. The summed E-state index contributed by atoms with van der Waals surface area (Å²) >= 11 is 0.989. The van der Waals surface area contributed by atoms with E-state index in [1.807, 2.05) is 37.3 Å². The van der Waals surface area contributed by atoms with Crippen molar-refractivity contribution in [3.8, 4) is 11.5 Å². The van der Waals surface area contributed by atoms with E-state index in [4.69, 9.17) is 4.42 Å². The van der Waals surface area contributed by atoms with Crippen LogP contribution in [0.3, 0.4) is 0 Å². The summed E-state index contributed by atoms with van der Waals surface area (Å²) in [5.74, 6) is 0.257. The summed E-state index contributed by atoms with van der Waals surface area (Å²) in [4.78, 5) is 19.8. The number of furan rings is 1. The van der Waals surface area contributed by atoms with Crippen molar-refractivity contribution in [1.29, 1.82) is 0 Å². The number of alkyl halides is 3. The minimum absolute atomic E-state index is 0.0435. The molecule has 3 rings (SSSR count). The summed E-state index contributed by atoms with van der Waals surface area (Å²) in [6, 6.07) is 13.2. The fraction of sp³-hybridized carbons (Fsp3) is 0.250. The largest absolute Gasteiger partial charge is 0.463 e. The maximum atomic E-state index is 13.2. The molecule has 9 heteroatoms. The van der Waals surface area contributed by atoms with E-state index in [0.29, 0.717) is 0 Å². The van der Waals surface area contributed by atoms with Gasteiger partial charge >= 0.3 is 6.18 Å². The second-order valence-electron chi connectivity index (χ2n) is 6.19. The molecule has 0 spiro atoms. The number of benzene rings is 1. The molecule has 5 nitrogen and oxygen atoms in total. The molecule has 3 aromatic rings. The molecule has 0 radical (unpaired) electrons. The lowest BCUT2D eigenvalue weighted by molar-refractivity contribution is -0.141. The van der Waals surface area contributed by atoms with E-state index in [-0.39, 0.29) is 40.7 Å². The van der Waals surface area contributed by atoms with Crippen LogP contribution >= 0.6 is 11.8 Å². The lowest BCUT2D eigenvalue weighted by Crippen LogP contribution is -2.26. The molecule has 0 aliphatic heterocycles. The Bertz CT molecular complexity index is 947. The Labute approximate surface area is 169 Å². The van der Waals surface area contributed by atoms with E-state index in [2.05, 4.69) is 15.3 Å². The first kappa shape index (κ1) is 20.9. The minimum Gasteiger partial charge on any atom is -0.463 e. The van der Waals surface area contributed by atoms with Gasteiger partial charge < -0.3 is 9.73 Å². The Morgan fingerprint density at radius 2 is 1.93 bits per heavy atom. The second-order valence-corrected chi connectivity index (χ2v) is 7.26. The summed E-state index contributed by atoms with van der Waals surface area (Å²) in [7, 11) is 0. The van der Waals surface area contributed by atoms with Crippen LogP contribution in [0.25, 0.3) is 11.5 Å². The molecular formula is C20H18F3N3O2S. The number of hydrogen-bond acceptors (Lipinski definition) is 5. The number of amides is 1. The number of nitrogens with one attached hydrogen (secondary N) is 1. The van der Waals surface area contributed by atoms with Crippen LogP contribution in [0.2, 0.25) is 0 Å². The number of carbonyl (C=O) groups is 1. The van der Waals surface area contributed by atoms with E-state index < -0.39 is 11.9 Å². The van der Waals surface area contributed by atoms with Crippen LogP contribution in [-0.4, -0.2) is 21.6 Å². The second kappa shape index (κ2) is 9.13. The van der Waals surface area contributed by atoms with Gasteiger partial charge in [0.25, 0.3) is 0 Å². The normalized spacial score (nSPS) is 12.6. The molecule has 1 aromatic carbocycles. The lowest BCUT2D eigenvalue weighted by Gasteiger charge is -2.14. The van der Waals surface area contributed by atoms with Gasteiger partial charge in [0.15, 0.2) is 10.9 Å². The van der Waals surface area contributed by atoms with E-state index in [1.54, 1.807) is 6.07 Å². The number of aromatic nitrogens is 2. The zero-order valence-electron chi connectivity index (χ0n) is 15.4. The molecule has 0 saturated carbocycles. The Hall–Kier alpha value is -2.81. The number of thioether (sulfide) groups is 1. The average molecular weight is 421 g/mol. The third-order valence-corrected chi connectivity index (χ3v) is 4.86. The van der Waals surface area contributed by atoms with Gasteiger partial charge in [-0.3, -0.25) is 4.79 Å². The first-order valence-electron chi connectivity index (χ1n) is 8.80. The van der Waals surface area contributed by atoms with Crippen LogP contribution in [-0.2, 0) is 11.0 Å². The van der Waals surface area contributed by atoms with E-state index >= 15 is 0 Å². The SMILES string of the molecule is C[C@H](NC(=O)CCSc1nc(-c2ccco2)cc(C(F)(F)F)n1)c1ccccc1. The summed E-state index contributed by atoms with van der Waals surface area (Å²) in [6.07, 6.45) is -3.13. The highest BCUT2D eigenvalue weighted by Crippen LogP contribution is 2.32. The van der Waals surface area contributed by atoms with Crippen molar-refractivity contribution in [2.24, 2.45) is 0 Å². The maximum absolute atomic E-state index is 13.2. The summed E-state index contributed by atoms with van der Waals surface area (Å²) in [5.41, 5.74) is -0.0386. The summed E-state index contributed by atoms with van der Waals surface area (Å²) in [6.45, 7) is 1.87. The Kier molecular flexibility index (Phi) is 6.58. The molecule has 152 valence electrons. The monoisotopic (exact) mass is 421 g/mol. The third-order valence-electron chi connectivity index (χ3n) is 4.01. The van der Waals surface area contributed by atoms with Gasteiger partial charge in [-0.1, -0.05) is 42.1 Å². The predicted octanol–water partition coefficient (Wildman–Crippen LogP) is 5.12. The first-order valence-corrected chi connectivity index (χ1v) is 9.79. The standard InChI is InChI=1S/C20H18F3N3O2S/c1-13(14-6-3-2-4-7-14)24-18(27)9-11-29-19-25-15(16-8-5-10-28-16)12-17(26-19)20(21,22)23/h2-8,10,12-13H,9,11H2,1H3,(H,24,27)/t13-/m0/s1. The van der Waals surface area contributed by atoms with Gasteiger partial charge in [0.1, 0.15) is 11.4 Å². The molecule has 1 N–H and O–H groups in total. The van der Waals surface area contributed by atoms with Crippen molar-refractivity contribution in [3.05, 3.63) is 66.1 Å². The highest BCUT2D eigenvalue weighted by molar-refractivity contribution is 7.99. The van der Waals surface area contributed by atoms with Crippen molar-refractivity contribution >= 4 is 17.7 Å². The molecular weight excluding hydrogens is 403 g/mol. The van der Waals surface area contributed by atoms with Crippen LogP contribution in [0.1, 0.15) is 30.6 Å². The number of nitrogens with zero attached hydrogens (tertiary/aromatic N) is 2. The third kappa shape index (κ3) is 5.83. The predicted molar refractivity (Wildman–Crippen MR) is 103 cm³/mol. The molecule has 1 atom stereocenters. The smallest absolute Gasteiger partial charge is 0.433 e. The van der Waals surface area contributed by atoms with Gasteiger partial charge in [0, 0.05) is 12.2 Å². The molecule has 0 bridgehead atoms. The van der Waals surface area contributed by atoms with E-state index in [9.17, 15) is 18.0 Å². The zero-order chi connectivity index (χ0) is 20.9. The van der Waals surface area contributed by atoms with Crippen LogP contribution in [0.4, 0.5) is 13.2 Å². The zero-order valence-corrected chi connectivity index (χ0v) is 16.3. The number of carbonyl (C=O) groups excluding carboxylic acids is 1. The van der Waals surface area contributed by atoms with Crippen LogP contribution in [0, 0.1) is 0 Å². The lowest BCUT2D eigenvalue weighted by atomic mass is 10.1. The van der Waals surface area contributed by atoms with Gasteiger partial charge in [-0.05, 0) is 30.7 Å². The van der Waals surface area contributed by atoms with Crippen molar-refractivity contribution in [1.82, 2.24) is 15.3 Å². The number of hydrogen-bond donors (Lipinski definition) is 1. The Morgan fingerprint density at radius 1 is 1.17 bits per heavy atom. The quantitative estimate of drug-likeness (QED) is 0.424. The number of rotatable bonds is 7. The first-order chi connectivity index (χ1) is 13.8. The van der Waals surface area contributed by atoms with Gasteiger partial charge in [0.2, 0.25) is 5.91 Å². The molecule has 0 fully saturated rings. The molecule has 29 heavy (non-hydrogen) atoms. The molecule has 0 aliphatic rings. The van der Waals surface area contributed by atoms with Gasteiger partial charge in [0.05, 0.1) is 12.3 Å². The molecule has 0 aliphatic carbocycles. The highest BCUT2D eigenvalue weighted by atomic mass is 32.2. The molecule has 2 aromatic heterocycles. The van der Waals surface area contributed by atoms with Crippen molar-refractivity contribution in [3.63, 3.8) is 0 Å². The van der Waals surface area contributed by atoms with E-state index in [0.717, 1.165) is 23.4 Å². The van der Waals surface area contributed by atoms with Crippen LogP contribution in [0.15, 0.2) is 64.4 Å². The topological polar surface area (TPSA) is 68.0 Å². The fourth-order valence-corrected chi connectivity index (χ4v) is 3.35. The molecule has 0 unspecified atom stereocenters. The van der Waals surface area contributed by atoms with Gasteiger partial charge in [-0.25, -0.2) is 9.97 Å². The fourth-order valence-electron chi connectivity index (χ4n) is 2.56. The number of halogens is 3. The highest BCUT2D eigenvalue weighted by Gasteiger charge is 2.34. The Balaban J connectivity index is 1.62. The van der Waals surface area contributed by atoms with E-state index in [1.165, 1.54) is 12.3 Å². The average Bonchev–Trinajstić information content (AvgIpc) is 3.22. The van der Waals surface area contributed by atoms with Crippen molar-refractivity contribution in [2.45, 2.75) is 30.7 Å². The van der Waals surface area contributed by atoms with Crippen LogP contribution < -0.4 is 5.32 Å². The molecule has 1 amide bonds. The van der Waals surface area contributed by atoms with Gasteiger partial charge in [-0.2, -0.15) is 13.2 Å². The Morgan fingerprint density at radius 3 is 2.59 bits per heavy atom.